The minimum absolute atomic E-state index is 0.139. The number of nitrogens with zero attached hydrogens (tertiary/aromatic N) is 2. The van der Waals surface area contributed by atoms with Gasteiger partial charge in [-0.2, -0.15) is 0 Å². The van der Waals surface area contributed by atoms with Crippen molar-refractivity contribution in [3.8, 4) is 5.75 Å². The highest BCUT2D eigenvalue weighted by Crippen LogP contribution is 2.31. The third kappa shape index (κ3) is 3.72. The number of hydrogen-bond acceptors (Lipinski definition) is 5. The van der Waals surface area contributed by atoms with Gasteiger partial charge < -0.3 is 10.1 Å². The van der Waals surface area contributed by atoms with Crippen molar-refractivity contribution in [2.24, 2.45) is 5.92 Å². The van der Waals surface area contributed by atoms with Crippen molar-refractivity contribution in [3.05, 3.63) is 23.8 Å². The van der Waals surface area contributed by atoms with Gasteiger partial charge in [-0.25, -0.2) is 9.69 Å². The van der Waals surface area contributed by atoms with E-state index in [0.717, 1.165) is 34.6 Å². The summed E-state index contributed by atoms with van der Waals surface area (Å²) < 4.78 is 5.21. The standard InChI is InChI=1S/C20H25N3O5/c1-12-8-9-16(28-3)14(10-12)21-17(24)11-22-18(25)19(26)23(20(22)27)15-7-5-4-6-13(15)2/h8-10,13,15H,4-7,11H2,1-3H3,(H,21,24)/t13-,15+/m1/s1. The van der Waals surface area contributed by atoms with Gasteiger partial charge >= 0.3 is 17.8 Å². The minimum atomic E-state index is -0.950. The summed E-state index contributed by atoms with van der Waals surface area (Å²) in [4.78, 5) is 51.7. The number of ether oxygens (including phenoxy) is 1. The fourth-order valence-corrected chi connectivity index (χ4v) is 3.89. The highest BCUT2D eigenvalue weighted by molar-refractivity contribution is 6.45. The maximum Gasteiger partial charge on any atom is 0.334 e. The van der Waals surface area contributed by atoms with Crippen LogP contribution in [0, 0.1) is 12.8 Å². The number of anilines is 1. The Balaban J connectivity index is 1.72. The van der Waals surface area contributed by atoms with Crippen molar-refractivity contribution < 1.29 is 23.9 Å². The lowest BCUT2D eigenvalue weighted by molar-refractivity contribution is -0.145. The molecule has 1 saturated heterocycles. The molecule has 28 heavy (non-hydrogen) atoms. The van der Waals surface area contributed by atoms with Crippen LogP contribution in [0.25, 0.3) is 0 Å². The Kier molecular flexibility index (Phi) is 5.67. The average molecular weight is 387 g/mol. The van der Waals surface area contributed by atoms with E-state index in [0.29, 0.717) is 17.9 Å². The Morgan fingerprint density at radius 2 is 1.89 bits per heavy atom. The van der Waals surface area contributed by atoms with Gasteiger partial charge in [0.25, 0.3) is 0 Å². The van der Waals surface area contributed by atoms with Crippen LogP contribution < -0.4 is 10.1 Å². The summed E-state index contributed by atoms with van der Waals surface area (Å²) >= 11 is 0. The van der Waals surface area contributed by atoms with Gasteiger partial charge in [0.1, 0.15) is 12.3 Å². The first-order chi connectivity index (χ1) is 13.3. The number of rotatable bonds is 5. The van der Waals surface area contributed by atoms with E-state index in [-0.39, 0.29) is 12.0 Å². The summed E-state index contributed by atoms with van der Waals surface area (Å²) in [6.45, 7) is 3.33. The molecule has 3 rings (SSSR count). The lowest BCUT2D eigenvalue weighted by atomic mass is 9.85. The third-order valence-corrected chi connectivity index (χ3v) is 5.41. The number of urea groups is 1. The Labute approximate surface area is 163 Å². The van der Waals surface area contributed by atoms with Gasteiger partial charge in [0.2, 0.25) is 5.91 Å². The predicted octanol–water partition coefficient (Wildman–Crippen LogP) is 2.31. The van der Waals surface area contributed by atoms with Crippen LogP contribution >= 0.6 is 0 Å². The van der Waals surface area contributed by atoms with Crippen molar-refractivity contribution in [2.45, 2.75) is 45.6 Å². The van der Waals surface area contributed by atoms with Gasteiger partial charge in [-0.3, -0.25) is 19.3 Å². The Bertz CT molecular complexity index is 822. The summed E-state index contributed by atoms with van der Waals surface area (Å²) in [5.41, 5.74) is 1.35. The van der Waals surface area contributed by atoms with Gasteiger partial charge in [0.15, 0.2) is 0 Å². The van der Waals surface area contributed by atoms with Crippen molar-refractivity contribution in [1.29, 1.82) is 0 Å². The zero-order valence-electron chi connectivity index (χ0n) is 16.4. The monoisotopic (exact) mass is 387 g/mol. The summed E-state index contributed by atoms with van der Waals surface area (Å²) in [6, 6.07) is 4.28. The van der Waals surface area contributed by atoms with E-state index >= 15 is 0 Å². The van der Waals surface area contributed by atoms with Gasteiger partial charge in [-0.1, -0.05) is 25.8 Å². The van der Waals surface area contributed by atoms with Crippen LogP contribution in [0.4, 0.5) is 10.5 Å². The molecule has 1 saturated carbocycles. The van der Waals surface area contributed by atoms with E-state index in [1.165, 1.54) is 7.11 Å². The van der Waals surface area contributed by atoms with E-state index < -0.39 is 30.3 Å². The normalized spacial score (nSPS) is 22.6. The zero-order valence-corrected chi connectivity index (χ0v) is 16.4. The van der Waals surface area contributed by atoms with E-state index in [2.05, 4.69) is 5.32 Å². The van der Waals surface area contributed by atoms with Crippen molar-refractivity contribution in [1.82, 2.24) is 9.80 Å². The molecule has 2 fully saturated rings. The quantitative estimate of drug-likeness (QED) is 0.618. The molecule has 1 aromatic carbocycles. The molecule has 8 heteroatoms. The molecule has 0 spiro atoms. The molecule has 8 nitrogen and oxygen atoms in total. The number of aryl methyl sites for hydroxylation is 1. The molecule has 1 aliphatic carbocycles. The largest absolute Gasteiger partial charge is 0.495 e. The maximum absolute atomic E-state index is 12.7. The van der Waals surface area contributed by atoms with Crippen molar-refractivity contribution >= 4 is 29.4 Å². The summed E-state index contributed by atoms with van der Waals surface area (Å²) in [5.74, 6) is -1.76. The smallest absolute Gasteiger partial charge is 0.334 e. The molecule has 2 aliphatic rings. The zero-order chi connectivity index (χ0) is 20.4. The Morgan fingerprint density at radius 1 is 1.18 bits per heavy atom. The Hall–Kier alpha value is -2.90. The van der Waals surface area contributed by atoms with Crippen LogP contribution in [0.1, 0.15) is 38.2 Å². The SMILES string of the molecule is COc1ccc(C)cc1NC(=O)CN1C(=O)C(=O)N([C@H]2CCCC[C@H]2C)C1=O. The van der Waals surface area contributed by atoms with Gasteiger partial charge in [-0.05, 0) is 43.4 Å². The molecule has 0 unspecified atom stereocenters. The third-order valence-electron chi connectivity index (χ3n) is 5.41. The molecular formula is C20H25N3O5. The summed E-state index contributed by atoms with van der Waals surface area (Å²) in [5, 5.41) is 2.65. The van der Waals surface area contributed by atoms with E-state index in [1.54, 1.807) is 12.1 Å². The van der Waals surface area contributed by atoms with Crippen LogP contribution in [0.2, 0.25) is 0 Å². The van der Waals surface area contributed by atoms with Gasteiger partial charge in [0.05, 0.1) is 12.8 Å². The molecule has 150 valence electrons. The number of carbonyl (C=O) groups excluding carboxylic acids is 4. The second-order valence-corrected chi connectivity index (χ2v) is 7.43. The molecule has 0 aromatic heterocycles. The molecule has 5 amide bonds. The molecule has 0 bridgehead atoms. The minimum Gasteiger partial charge on any atom is -0.495 e. The molecule has 0 radical (unpaired) electrons. The number of hydrogen-bond donors (Lipinski definition) is 1. The van der Waals surface area contributed by atoms with Crippen LogP contribution in [-0.2, 0) is 14.4 Å². The number of amides is 5. The number of imide groups is 2. The molecule has 1 heterocycles. The summed E-state index contributed by atoms with van der Waals surface area (Å²) in [6.07, 6.45) is 3.55. The lowest BCUT2D eigenvalue weighted by Gasteiger charge is -2.34. The van der Waals surface area contributed by atoms with Crippen LogP contribution in [0.15, 0.2) is 18.2 Å². The fraction of sp³-hybridized carbons (Fsp3) is 0.500. The number of benzene rings is 1. The van der Waals surface area contributed by atoms with E-state index in [4.69, 9.17) is 4.74 Å². The molecule has 2 atom stereocenters. The highest BCUT2D eigenvalue weighted by Gasteiger charge is 2.49. The molecule has 1 aromatic rings. The number of carbonyl (C=O) groups is 4. The second kappa shape index (κ2) is 8.00. The van der Waals surface area contributed by atoms with Gasteiger partial charge in [0, 0.05) is 6.04 Å². The first-order valence-electron chi connectivity index (χ1n) is 9.47. The molecule has 1 aliphatic heterocycles. The fourth-order valence-electron chi connectivity index (χ4n) is 3.89. The summed E-state index contributed by atoms with van der Waals surface area (Å²) in [7, 11) is 1.48. The average Bonchev–Trinajstić information content (AvgIpc) is 2.86. The topological polar surface area (TPSA) is 96.0 Å². The van der Waals surface area contributed by atoms with Crippen molar-refractivity contribution in [2.75, 3.05) is 19.0 Å². The molecule has 1 N–H and O–H groups in total. The second-order valence-electron chi connectivity index (χ2n) is 7.43. The van der Waals surface area contributed by atoms with Crippen molar-refractivity contribution in [3.63, 3.8) is 0 Å². The molecular weight excluding hydrogens is 362 g/mol. The highest BCUT2D eigenvalue weighted by atomic mass is 16.5. The maximum atomic E-state index is 12.7. The van der Waals surface area contributed by atoms with Crippen LogP contribution in [-0.4, -0.2) is 53.2 Å². The number of nitrogens with one attached hydrogen (secondary N) is 1. The first-order valence-corrected chi connectivity index (χ1v) is 9.47. The van der Waals surface area contributed by atoms with Gasteiger partial charge in [-0.15, -0.1) is 0 Å². The number of methoxy groups -OCH3 is 1. The van der Waals surface area contributed by atoms with Crippen LogP contribution in [0.5, 0.6) is 5.75 Å². The lowest BCUT2D eigenvalue weighted by Crippen LogP contribution is -2.46. The van der Waals surface area contributed by atoms with E-state index in [9.17, 15) is 19.2 Å². The first kappa shape index (κ1) is 19.9. The van der Waals surface area contributed by atoms with Crippen LogP contribution in [0.3, 0.4) is 0 Å². The predicted molar refractivity (Wildman–Crippen MR) is 102 cm³/mol. The Morgan fingerprint density at radius 3 is 2.57 bits per heavy atom. The van der Waals surface area contributed by atoms with E-state index in [1.807, 2.05) is 19.9 Å².